The number of esters is 1. The Bertz CT molecular complexity index is 663. The van der Waals surface area contributed by atoms with E-state index in [2.05, 4.69) is 17.6 Å². The van der Waals surface area contributed by atoms with Gasteiger partial charge in [-0.15, -0.1) is 0 Å². The number of benzene rings is 1. The molecule has 2 rings (SSSR count). The molecular weight excluding hydrogens is 358 g/mol. The van der Waals surface area contributed by atoms with Crippen LogP contribution in [0.3, 0.4) is 0 Å². The minimum absolute atomic E-state index is 0.170. The number of carbonyl (C=O) groups excluding carboxylic acids is 3. The van der Waals surface area contributed by atoms with E-state index in [1.54, 1.807) is 24.3 Å². The molecule has 28 heavy (non-hydrogen) atoms. The number of likely N-dealkylation sites (tertiary alicyclic amines) is 1. The highest BCUT2D eigenvalue weighted by Gasteiger charge is 2.29. The second kappa shape index (κ2) is 10.7. The van der Waals surface area contributed by atoms with E-state index in [-0.39, 0.29) is 24.5 Å². The van der Waals surface area contributed by atoms with Gasteiger partial charge >= 0.3 is 12.0 Å². The van der Waals surface area contributed by atoms with Crippen molar-refractivity contribution in [2.75, 3.05) is 18.5 Å². The van der Waals surface area contributed by atoms with Crippen LogP contribution in [-0.2, 0) is 14.3 Å². The van der Waals surface area contributed by atoms with E-state index in [4.69, 9.17) is 4.74 Å². The summed E-state index contributed by atoms with van der Waals surface area (Å²) in [6, 6.07) is 7.86. The molecule has 7 nitrogen and oxygen atoms in total. The fourth-order valence-corrected chi connectivity index (χ4v) is 3.39. The van der Waals surface area contributed by atoms with Crippen LogP contribution in [0.1, 0.15) is 46.5 Å². The smallest absolute Gasteiger partial charge is 0.329 e. The minimum atomic E-state index is -0.833. The van der Waals surface area contributed by atoms with E-state index >= 15 is 0 Å². The second-order valence-corrected chi connectivity index (χ2v) is 7.44. The molecular formula is C21H31N3O4. The molecule has 1 aliphatic rings. The highest BCUT2D eigenvalue weighted by molar-refractivity contribution is 5.93. The molecule has 7 heteroatoms. The number of piperidine rings is 1. The van der Waals surface area contributed by atoms with Crippen LogP contribution in [0.15, 0.2) is 30.3 Å². The van der Waals surface area contributed by atoms with Crippen molar-refractivity contribution in [2.45, 2.75) is 58.5 Å². The number of hydrogen-bond donors (Lipinski definition) is 2. The average molecular weight is 389 g/mol. The molecule has 0 bridgehead atoms. The van der Waals surface area contributed by atoms with Crippen molar-refractivity contribution < 1.29 is 19.1 Å². The van der Waals surface area contributed by atoms with E-state index in [9.17, 15) is 14.4 Å². The Hall–Kier alpha value is -2.57. The van der Waals surface area contributed by atoms with Gasteiger partial charge in [0.25, 0.3) is 5.91 Å². The third kappa shape index (κ3) is 6.25. The Morgan fingerprint density at radius 2 is 1.89 bits per heavy atom. The van der Waals surface area contributed by atoms with E-state index in [0.29, 0.717) is 12.2 Å². The standard InChI is InChI=1S/C21H31N3O4/c1-4-17-12-8-9-13-24(17)18(25)14-28-20(26)19(15(2)3)23-21(27)22-16-10-6-5-7-11-16/h5-7,10-11,15,17,19H,4,8-9,12-14H2,1-3H3,(H2,22,23,27)/t17-,19+/m1/s1. The van der Waals surface area contributed by atoms with Gasteiger partial charge in [0, 0.05) is 18.3 Å². The number of rotatable bonds is 7. The molecule has 0 aliphatic carbocycles. The predicted molar refractivity (Wildman–Crippen MR) is 108 cm³/mol. The zero-order valence-corrected chi connectivity index (χ0v) is 16.9. The molecule has 1 aromatic carbocycles. The lowest BCUT2D eigenvalue weighted by Gasteiger charge is -2.35. The summed E-state index contributed by atoms with van der Waals surface area (Å²) in [7, 11) is 0. The van der Waals surface area contributed by atoms with Crippen molar-refractivity contribution in [3.8, 4) is 0 Å². The summed E-state index contributed by atoms with van der Waals surface area (Å²) in [4.78, 5) is 39.0. The van der Waals surface area contributed by atoms with Crippen LogP contribution in [0, 0.1) is 5.92 Å². The maximum absolute atomic E-state index is 12.5. The number of hydrogen-bond acceptors (Lipinski definition) is 4. The van der Waals surface area contributed by atoms with Crippen LogP contribution >= 0.6 is 0 Å². The summed E-state index contributed by atoms with van der Waals surface area (Å²) in [6.45, 7) is 6.11. The molecule has 2 N–H and O–H groups in total. The number of ether oxygens (including phenoxy) is 1. The topological polar surface area (TPSA) is 87.7 Å². The lowest BCUT2D eigenvalue weighted by molar-refractivity contribution is -0.155. The maximum Gasteiger partial charge on any atom is 0.329 e. The zero-order valence-electron chi connectivity index (χ0n) is 16.9. The first-order chi connectivity index (χ1) is 13.4. The maximum atomic E-state index is 12.5. The van der Waals surface area contributed by atoms with E-state index in [0.717, 1.165) is 25.7 Å². The van der Waals surface area contributed by atoms with Crippen LogP contribution in [0.2, 0.25) is 0 Å². The first-order valence-electron chi connectivity index (χ1n) is 10.0. The van der Waals surface area contributed by atoms with Crippen molar-refractivity contribution in [3.05, 3.63) is 30.3 Å². The fourth-order valence-electron chi connectivity index (χ4n) is 3.39. The van der Waals surface area contributed by atoms with Crippen molar-refractivity contribution >= 4 is 23.6 Å². The molecule has 1 saturated heterocycles. The molecule has 0 spiro atoms. The lowest BCUT2D eigenvalue weighted by atomic mass is 10.00. The van der Waals surface area contributed by atoms with E-state index in [1.165, 1.54) is 0 Å². The zero-order chi connectivity index (χ0) is 20.5. The van der Waals surface area contributed by atoms with Crippen LogP contribution in [-0.4, -0.2) is 48.0 Å². The summed E-state index contributed by atoms with van der Waals surface area (Å²) < 4.78 is 5.25. The van der Waals surface area contributed by atoms with Gasteiger partial charge in [0.1, 0.15) is 6.04 Å². The summed E-state index contributed by atoms with van der Waals surface area (Å²) in [5.74, 6) is -0.949. The second-order valence-electron chi connectivity index (χ2n) is 7.44. The molecule has 154 valence electrons. The van der Waals surface area contributed by atoms with E-state index < -0.39 is 18.0 Å². The van der Waals surface area contributed by atoms with Gasteiger partial charge in [-0.25, -0.2) is 9.59 Å². The number of carbonyl (C=O) groups is 3. The normalized spacial score (nSPS) is 17.7. The third-order valence-corrected chi connectivity index (χ3v) is 5.00. The van der Waals surface area contributed by atoms with Gasteiger partial charge in [0.2, 0.25) is 0 Å². The van der Waals surface area contributed by atoms with Gasteiger partial charge in [-0.3, -0.25) is 4.79 Å². The number of nitrogens with one attached hydrogen (secondary N) is 2. The predicted octanol–water partition coefficient (Wildman–Crippen LogP) is 3.17. The van der Waals surface area contributed by atoms with Crippen molar-refractivity contribution in [1.29, 1.82) is 0 Å². The van der Waals surface area contributed by atoms with Crippen molar-refractivity contribution in [2.24, 2.45) is 5.92 Å². The SMILES string of the molecule is CC[C@@H]1CCCCN1C(=O)COC(=O)[C@@H](NC(=O)Nc1ccccc1)C(C)C. The summed E-state index contributed by atoms with van der Waals surface area (Å²) in [6.07, 6.45) is 3.99. The van der Waals surface area contributed by atoms with Crippen LogP contribution < -0.4 is 10.6 Å². The van der Waals surface area contributed by atoms with Crippen LogP contribution in [0.25, 0.3) is 0 Å². The number of urea groups is 1. The fraction of sp³-hybridized carbons (Fsp3) is 0.571. The molecule has 1 fully saturated rings. The minimum Gasteiger partial charge on any atom is -0.454 e. The van der Waals surface area contributed by atoms with E-state index in [1.807, 2.05) is 24.8 Å². The highest BCUT2D eigenvalue weighted by atomic mass is 16.5. The molecule has 0 radical (unpaired) electrons. The highest BCUT2D eigenvalue weighted by Crippen LogP contribution is 2.19. The Kier molecular flexibility index (Phi) is 8.29. The number of amides is 3. The van der Waals surface area contributed by atoms with Crippen molar-refractivity contribution in [3.63, 3.8) is 0 Å². The number of para-hydroxylation sites is 1. The Morgan fingerprint density at radius 3 is 2.54 bits per heavy atom. The van der Waals surface area contributed by atoms with Gasteiger partial charge in [0.15, 0.2) is 6.61 Å². The lowest BCUT2D eigenvalue weighted by Crippen LogP contribution is -2.49. The number of anilines is 1. The van der Waals surface area contributed by atoms with Gasteiger partial charge in [-0.2, -0.15) is 0 Å². The van der Waals surface area contributed by atoms with Gasteiger partial charge in [-0.1, -0.05) is 39.0 Å². The monoisotopic (exact) mass is 389 g/mol. The first kappa shape index (κ1) is 21.7. The van der Waals surface area contributed by atoms with Crippen LogP contribution in [0.5, 0.6) is 0 Å². The Morgan fingerprint density at radius 1 is 1.18 bits per heavy atom. The molecule has 2 atom stereocenters. The average Bonchev–Trinajstić information content (AvgIpc) is 2.70. The molecule has 0 aromatic heterocycles. The largest absolute Gasteiger partial charge is 0.454 e. The summed E-state index contributed by atoms with van der Waals surface area (Å²) in [5, 5.41) is 5.32. The summed E-state index contributed by atoms with van der Waals surface area (Å²) >= 11 is 0. The summed E-state index contributed by atoms with van der Waals surface area (Å²) in [5.41, 5.74) is 0.627. The van der Waals surface area contributed by atoms with Gasteiger partial charge in [-0.05, 0) is 43.7 Å². The Balaban J connectivity index is 1.88. The quantitative estimate of drug-likeness (QED) is 0.701. The third-order valence-electron chi connectivity index (χ3n) is 5.00. The molecule has 1 heterocycles. The van der Waals surface area contributed by atoms with Crippen molar-refractivity contribution in [1.82, 2.24) is 10.2 Å². The van der Waals surface area contributed by atoms with Gasteiger partial charge < -0.3 is 20.3 Å². The molecule has 3 amide bonds. The van der Waals surface area contributed by atoms with Gasteiger partial charge in [0.05, 0.1) is 0 Å². The van der Waals surface area contributed by atoms with Crippen LogP contribution in [0.4, 0.5) is 10.5 Å². The molecule has 0 unspecified atom stereocenters. The first-order valence-corrected chi connectivity index (χ1v) is 10.0. The molecule has 1 aromatic rings. The Labute approximate surface area is 166 Å². The molecule has 0 saturated carbocycles. The molecule has 1 aliphatic heterocycles. The number of nitrogens with zero attached hydrogens (tertiary/aromatic N) is 1.